The van der Waals surface area contributed by atoms with E-state index in [9.17, 15) is 4.79 Å². The summed E-state index contributed by atoms with van der Waals surface area (Å²) in [6, 6.07) is 18.4. The molecule has 1 atom stereocenters. The average molecular weight is 546 g/mol. The standard InChI is InChI=1S/C29H28ClN5O4/c1-17-9-11-19(12-10-17)15-39-23-8-6-5-7-20(23)27-26(18(2)33-29-31-16-32-35(27)29)28(36)34-22-14-24(37-3)21(30)13-25(22)38-4/h5-14,16,27H,15H2,1-4H3,(H,34,36)(H,31,32,33). The molecule has 39 heavy (non-hydrogen) atoms. The second kappa shape index (κ2) is 11.1. The predicted octanol–water partition coefficient (Wildman–Crippen LogP) is 5.76. The Morgan fingerprint density at radius 1 is 1.03 bits per heavy atom. The number of halogens is 1. The van der Waals surface area contributed by atoms with Gasteiger partial charge < -0.3 is 24.8 Å². The Kier molecular flexibility index (Phi) is 7.42. The Hall–Kier alpha value is -4.50. The molecule has 1 unspecified atom stereocenters. The van der Waals surface area contributed by atoms with Crippen molar-refractivity contribution < 1.29 is 19.0 Å². The highest BCUT2D eigenvalue weighted by Crippen LogP contribution is 2.41. The minimum absolute atomic E-state index is 0.359. The molecule has 200 valence electrons. The van der Waals surface area contributed by atoms with Crippen molar-refractivity contribution in [1.29, 1.82) is 0 Å². The molecule has 0 aliphatic carbocycles. The number of fused-ring (bicyclic) bond motifs is 1. The monoisotopic (exact) mass is 545 g/mol. The van der Waals surface area contributed by atoms with Gasteiger partial charge in [-0.05, 0) is 25.5 Å². The molecule has 3 aromatic carbocycles. The number of carbonyl (C=O) groups is 1. The Morgan fingerprint density at radius 3 is 2.51 bits per heavy atom. The van der Waals surface area contributed by atoms with E-state index in [2.05, 4.69) is 20.7 Å². The van der Waals surface area contributed by atoms with E-state index in [1.807, 2.05) is 62.4 Å². The first kappa shape index (κ1) is 26.1. The fourth-order valence-corrected chi connectivity index (χ4v) is 4.73. The highest BCUT2D eigenvalue weighted by Gasteiger charge is 2.35. The Bertz CT molecular complexity index is 1550. The van der Waals surface area contributed by atoms with Gasteiger partial charge in [-0.1, -0.05) is 59.6 Å². The van der Waals surface area contributed by atoms with E-state index >= 15 is 0 Å². The lowest BCUT2D eigenvalue weighted by atomic mass is 9.94. The summed E-state index contributed by atoms with van der Waals surface area (Å²) in [4.78, 5) is 18.3. The van der Waals surface area contributed by atoms with Crippen molar-refractivity contribution in [3.63, 3.8) is 0 Å². The van der Waals surface area contributed by atoms with E-state index in [0.717, 1.165) is 11.1 Å². The number of carbonyl (C=O) groups excluding carboxylic acids is 1. The molecule has 10 heteroatoms. The molecular formula is C29H28ClN5O4. The lowest BCUT2D eigenvalue weighted by Crippen LogP contribution is -2.31. The molecule has 0 fully saturated rings. The van der Waals surface area contributed by atoms with Gasteiger partial charge in [0.2, 0.25) is 5.95 Å². The van der Waals surface area contributed by atoms with Gasteiger partial charge in [0, 0.05) is 23.4 Å². The molecule has 0 radical (unpaired) electrons. The Balaban J connectivity index is 1.52. The van der Waals surface area contributed by atoms with Crippen molar-refractivity contribution in [2.45, 2.75) is 26.5 Å². The quantitative estimate of drug-likeness (QED) is 0.290. The number of allylic oxidation sites excluding steroid dienone is 1. The van der Waals surface area contributed by atoms with Gasteiger partial charge in [0.05, 0.1) is 30.5 Å². The van der Waals surface area contributed by atoms with Crippen LogP contribution in [0.25, 0.3) is 0 Å². The van der Waals surface area contributed by atoms with Crippen LogP contribution in [0.5, 0.6) is 17.2 Å². The molecule has 0 saturated heterocycles. The summed E-state index contributed by atoms with van der Waals surface area (Å²) < 4.78 is 18.8. The zero-order valence-electron chi connectivity index (χ0n) is 22.0. The third-order valence-electron chi connectivity index (χ3n) is 6.49. The van der Waals surface area contributed by atoms with E-state index in [1.54, 1.807) is 16.8 Å². The van der Waals surface area contributed by atoms with Crippen LogP contribution in [0.15, 0.2) is 78.3 Å². The fourth-order valence-electron chi connectivity index (χ4n) is 4.50. The van der Waals surface area contributed by atoms with Gasteiger partial charge in [-0.25, -0.2) is 4.68 Å². The van der Waals surface area contributed by atoms with Crippen LogP contribution in [0.2, 0.25) is 5.02 Å². The maximum Gasteiger partial charge on any atom is 0.255 e. The zero-order valence-corrected chi connectivity index (χ0v) is 22.7. The third-order valence-corrected chi connectivity index (χ3v) is 6.79. The van der Waals surface area contributed by atoms with Crippen LogP contribution >= 0.6 is 11.6 Å². The number of benzene rings is 3. The molecule has 1 amide bonds. The lowest BCUT2D eigenvalue weighted by Gasteiger charge is -2.30. The SMILES string of the molecule is COc1cc(NC(=O)C2=C(C)Nc3ncnn3C2c2ccccc2OCc2ccc(C)cc2)c(OC)cc1Cl. The summed E-state index contributed by atoms with van der Waals surface area (Å²) in [7, 11) is 3.01. The van der Waals surface area contributed by atoms with Gasteiger partial charge in [-0.3, -0.25) is 4.79 Å². The van der Waals surface area contributed by atoms with Crippen molar-refractivity contribution in [3.05, 3.63) is 100.0 Å². The smallest absolute Gasteiger partial charge is 0.255 e. The van der Waals surface area contributed by atoms with E-state index in [1.165, 1.54) is 26.1 Å². The van der Waals surface area contributed by atoms with E-state index in [4.69, 9.17) is 25.8 Å². The minimum atomic E-state index is -0.613. The van der Waals surface area contributed by atoms with Gasteiger partial charge in [0.25, 0.3) is 5.91 Å². The number of nitrogens with zero attached hydrogens (tertiary/aromatic N) is 3. The number of aromatic nitrogens is 3. The number of para-hydroxylation sites is 1. The normalized spacial score (nSPS) is 14.3. The summed E-state index contributed by atoms with van der Waals surface area (Å²) in [6.07, 6.45) is 1.45. The van der Waals surface area contributed by atoms with Crippen LogP contribution in [0.1, 0.15) is 29.7 Å². The van der Waals surface area contributed by atoms with Crippen molar-refractivity contribution >= 4 is 29.1 Å². The number of aryl methyl sites for hydroxylation is 1. The first-order valence-electron chi connectivity index (χ1n) is 12.3. The molecule has 0 saturated carbocycles. The van der Waals surface area contributed by atoms with Gasteiger partial charge in [-0.15, -0.1) is 0 Å². The number of anilines is 2. The Labute approximate surface area is 231 Å². The molecule has 5 rings (SSSR count). The van der Waals surface area contributed by atoms with Crippen molar-refractivity contribution in [1.82, 2.24) is 14.8 Å². The lowest BCUT2D eigenvalue weighted by molar-refractivity contribution is -0.113. The molecule has 2 N–H and O–H groups in total. The molecule has 1 aliphatic heterocycles. The highest BCUT2D eigenvalue weighted by atomic mass is 35.5. The van der Waals surface area contributed by atoms with E-state index in [-0.39, 0.29) is 5.91 Å². The second-order valence-corrected chi connectivity index (χ2v) is 9.45. The van der Waals surface area contributed by atoms with Gasteiger partial charge in [0.15, 0.2) is 0 Å². The van der Waals surface area contributed by atoms with E-state index in [0.29, 0.717) is 51.8 Å². The fraction of sp³-hybridized carbons (Fsp3) is 0.207. The van der Waals surface area contributed by atoms with Crippen LogP contribution in [0, 0.1) is 6.92 Å². The van der Waals surface area contributed by atoms with E-state index < -0.39 is 6.04 Å². The highest BCUT2D eigenvalue weighted by molar-refractivity contribution is 6.32. The maximum atomic E-state index is 13.9. The average Bonchev–Trinajstić information content (AvgIpc) is 3.41. The first-order chi connectivity index (χ1) is 18.9. The second-order valence-electron chi connectivity index (χ2n) is 9.05. The van der Waals surface area contributed by atoms with Crippen LogP contribution in [-0.4, -0.2) is 34.9 Å². The van der Waals surface area contributed by atoms with Crippen molar-refractivity contribution in [2.24, 2.45) is 0 Å². The summed E-state index contributed by atoms with van der Waals surface area (Å²) in [6.45, 7) is 4.25. The molecule has 0 bridgehead atoms. The van der Waals surface area contributed by atoms with Gasteiger partial charge >= 0.3 is 0 Å². The molecular weight excluding hydrogens is 518 g/mol. The molecule has 4 aromatic rings. The number of hydrogen-bond donors (Lipinski definition) is 2. The molecule has 2 heterocycles. The van der Waals surface area contributed by atoms with Crippen LogP contribution in [-0.2, 0) is 11.4 Å². The topological polar surface area (TPSA) is 99.5 Å². The number of hydrogen-bond acceptors (Lipinski definition) is 7. The van der Waals surface area contributed by atoms with Gasteiger partial charge in [0.1, 0.15) is 36.2 Å². The van der Waals surface area contributed by atoms with Crippen LogP contribution in [0.3, 0.4) is 0 Å². The summed E-state index contributed by atoms with van der Waals surface area (Å²) in [5.41, 5.74) is 4.47. The van der Waals surface area contributed by atoms with Crippen molar-refractivity contribution in [3.8, 4) is 17.2 Å². The molecule has 1 aliphatic rings. The summed E-state index contributed by atoms with van der Waals surface area (Å²) in [5.74, 6) is 1.60. The van der Waals surface area contributed by atoms with Crippen LogP contribution in [0.4, 0.5) is 11.6 Å². The number of nitrogens with one attached hydrogen (secondary N) is 2. The largest absolute Gasteiger partial charge is 0.495 e. The first-order valence-corrected chi connectivity index (χ1v) is 12.6. The Morgan fingerprint density at radius 2 is 1.77 bits per heavy atom. The number of rotatable bonds is 8. The summed E-state index contributed by atoms with van der Waals surface area (Å²) in [5, 5.41) is 11.0. The number of amides is 1. The minimum Gasteiger partial charge on any atom is -0.495 e. The molecule has 9 nitrogen and oxygen atoms in total. The third kappa shape index (κ3) is 5.26. The molecule has 1 aromatic heterocycles. The van der Waals surface area contributed by atoms with Crippen LogP contribution < -0.4 is 24.8 Å². The van der Waals surface area contributed by atoms with Gasteiger partial charge in [-0.2, -0.15) is 10.1 Å². The predicted molar refractivity (Wildman–Crippen MR) is 150 cm³/mol. The maximum absolute atomic E-state index is 13.9. The molecule has 0 spiro atoms. The summed E-state index contributed by atoms with van der Waals surface area (Å²) >= 11 is 6.27. The van der Waals surface area contributed by atoms with Crippen molar-refractivity contribution in [2.75, 3.05) is 24.9 Å². The number of methoxy groups -OCH3 is 2. The number of ether oxygens (including phenoxy) is 3. The zero-order chi connectivity index (χ0) is 27.5.